The lowest BCUT2D eigenvalue weighted by molar-refractivity contribution is 0.174. The van der Waals surface area contributed by atoms with Crippen molar-refractivity contribution in [1.29, 1.82) is 0 Å². The van der Waals surface area contributed by atoms with Crippen molar-refractivity contribution in [2.75, 3.05) is 12.1 Å². The van der Waals surface area contributed by atoms with E-state index in [1.165, 1.54) is 0 Å². The lowest BCUT2D eigenvalue weighted by Crippen LogP contribution is -2.10. The number of rotatable bonds is 3. The first-order valence-electron chi connectivity index (χ1n) is 6.35. The van der Waals surface area contributed by atoms with E-state index in [2.05, 4.69) is 5.32 Å². The van der Waals surface area contributed by atoms with Gasteiger partial charge in [-0.3, -0.25) is 0 Å². The Balaban J connectivity index is 1.85. The summed E-state index contributed by atoms with van der Waals surface area (Å²) in [5.74, 6) is -1.68. The second-order valence-corrected chi connectivity index (χ2v) is 4.72. The highest BCUT2D eigenvalue weighted by Gasteiger charge is 2.18. The van der Waals surface area contributed by atoms with Crippen molar-refractivity contribution in [2.45, 2.75) is 13.0 Å². The van der Waals surface area contributed by atoms with E-state index in [1.54, 1.807) is 25.1 Å². The first kappa shape index (κ1) is 13.6. The summed E-state index contributed by atoms with van der Waals surface area (Å²) in [4.78, 5) is 0. The van der Waals surface area contributed by atoms with Gasteiger partial charge in [-0.15, -0.1) is 0 Å². The predicted molar refractivity (Wildman–Crippen MR) is 70.9 cm³/mol. The average Bonchev–Trinajstić information content (AvgIpc) is 2.89. The Morgan fingerprint density at radius 3 is 2.38 bits per heavy atom. The highest BCUT2D eigenvalue weighted by molar-refractivity contribution is 5.51. The van der Waals surface area contributed by atoms with Crippen molar-refractivity contribution >= 4 is 5.69 Å². The Kier molecular flexibility index (Phi) is 3.37. The van der Waals surface area contributed by atoms with Gasteiger partial charge in [-0.05, 0) is 24.6 Å². The van der Waals surface area contributed by atoms with Crippen LogP contribution in [0.5, 0.6) is 11.5 Å². The highest BCUT2D eigenvalue weighted by Crippen LogP contribution is 2.35. The maximum Gasteiger partial charge on any atom is 0.231 e. The van der Waals surface area contributed by atoms with Gasteiger partial charge in [0.2, 0.25) is 6.79 Å². The van der Waals surface area contributed by atoms with Crippen LogP contribution < -0.4 is 14.8 Å². The number of hydrogen-bond donors (Lipinski definition) is 1. The van der Waals surface area contributed by atoms with Gasteiger partial charge >= 0.3 is 0 Å². The van der Waals surface area contributed by atoms with E-state index < -0.39 is 23.5 Å². The molecule has 0 spiro atoms. The summed E-state index contributed by atoms with van der Waals surface area (Å²) < 4.78 is 50.6. The van der Waals surface area contributed by atoms with Gasteiger partial charge in [0.1, 0.15) is 11.5 Å². The molecule has 0 saturated heterocycles. The second-order valence-electron chi connectivity index (χ2n) is 4.72. The van der Waals surface area contributed by atoms with Gasteiger partial charge in [0, 0.05) is 18.2 Å². The Morgan fingerprint density at radius 2 is 1.67 bits per heavy atom. The van der Waals surface area contributed by atoms with Gasteiger partial charge in [-0.1, -0.05) is 6.07 Å². The fourth-order valence-corrected chi connectivity index (χ4v) is 2.16. The van der Waals surface area contributed by atoms with Crippen LogP contribution in [0.2, 0.25) is 0 Å². The minimum atomic E-state index is -0.972. The third-order valence-electron chi connectivity index (χ3n) is 3.26. The zero-order valence-electron chi connectivity index (χ0n) is 11.1. The van der Waals surface area contributed by atoms with Crippen LogP contribution in [0.3, 0.4) is 0 Å². The summed E-state index contributed by atoms with van der Waals surface area (Å²) in [6.45, 7) is 1.89. The molecular weight excluding hydrogens is 283 g/mol. The lowest BCUT2D eigenvalue weighted by atomic mass is 10.1. The third kappa shape index (κ3) is 2.61. The first-order valence-corrected chi connectivity index (χ1v) is 6.35. The number of hydrogen-bond acceptors (Lipinski definition) is 3. The van der Waals surface area contributed by atoms with Crippen molar-refractivity contribution in [1.82, 2.24) is 0 Å². The molecule has 3 rings (SSSR count). The number of halogens is 3. The summed E-state index contributed by atoms with van der Waals surface area (Å²) in [6, 6.07) is 6.11. The molecule has 0 aromatic heterocycles. The molecule has 1 heterocycles. The minimum absolute atomic E-state index is 0.155. The maximum absolute atomic E-state index is 13.6. The zero-order valence-corrected chi connectivity index (χ0v) is 11.1. The van der Waals surface area contributed by atoms with E-state index in [9.17, 15) is 13.2 Å². The number of nitrogens with one attached hydrogen (secondary N) is 1. The van der Waals surface area contributed by atoms with Gasteiger partial charge < -0.3 is 14.8 Å². The molecule has 0 bridgehead atoms. The van der Waals surface area contributed by atoms with Crippen molar-refractivity contribution in [2.24, 2.45) is 0 Å². The van der Waals surface area contributed by atoms with Crippen LogP contribution in [0.4, 0.5) is 18.9 Å². The van der Waals surface area contributed by atoms with Crippen LogP contribution in [0.15, 0.2) is 30.3 Å². The average molecular weight is 295 g/mol. The highest BCUT2D eigenvalue weighted by atomic mass is 19.1. The van der Waals surface area contributed by atoms with E-state index in [0.717, 1.165) is 5.56 Å². The Bertz CT molecular complexity index is 668. The van der Waals surface area contributed by atoms with Crippen LogP contribution in [0.1, 0.15) is 18.5 Å². The summed E-state index contributed by atoms with van der Waals surface area (Å²) >= 11 is 0. The molecule has 1 unspecified atom stereocenters. The van der Waals surface area contributed by atoms with E-state index in [1.807, 2.05) is 0 Å². The van der Waals surface area contributed by atoms with Crippen molar-refractivity contribution in [3.63, 3.8) is 0 Å². The monoisotopic (exact) mass is 295 g/mol. The molecule has 1 aliphatic rings. The molecular formula is C15H12F3NO2. The molecule has 21 heavy (non-hydrogen) atoms. The van der Waals surface area contributed by atoms with Crippen LogP contribution in [-0.2, 0) is 0 Å². The molecule has 1 N–H and O–H groups in total. The van der Waals surface area contributed by atoms with Crippen LogP contribution in [0.25, 0.3) is 0 Å². The summed E-state index contributed by atoms with van der Waals surface area (Å²) in [5, 5.41) is 2.70. The Hall–Kier alpha value is -2.37. The molecule has 2 aromatic rings. The second kappa shape index (κ2) is 5.20. The van der Waals surface area contributed by atoms with E-state index in [-0.39, 0.29) is 12.5 Å². The summed E-state index contributed by atoms with van der Waals surface area (Å²) in [7, 11) is 0. The molecule has 0 fully saturated rings. The van der Waals surface area contributed by atoms with E-state index >= 15 is 0 Å². The summed E-state index contributed by atoms with van der Waals surface area (Å²) in [6.07, 6.45) is 0. The van der Waals surface area contributed by atoms with Crippen LogP contribution in [0, 0.1) is 17.5 Å². The fraction of sp³-hybridized carbons (Fsp3) is 0.200. The molecule has 2 aromatic carbocycles. The third-order valence-corrected chi connectivity index (χ3v) is 3.26. The van der Waals surface area contributed by atoms with Crippen molar-refractivity contribution in [3.8, 4) is 11.5 Å². The molecule has 0 saturated carbocycles. The topological polar surface area (TPSA) is 30.5 Å². The zero-order chi connectivity index (χ0) is 15.0. The van der Waals surface area contributed by atoms with Gasteiger partial charge in [-0.2, -0.15) is 0 Å². The largest absolute Gasteiger partial charge is 0.454 e. The standard InChI is InChI=1S/C15H12F3NO2/c1-8(9-2-3-13-14(4-9)21-7-20-13)19-15-11(17)5-10(16)6-12(15)18/h2-6,8,19H,7H2,1H3. The molecule has 6 heteroatoms. The molecule has 0 amide bonds. The molecule has 0 aliphatic carbocycles. The fourth-order valence-electron chi connectivity index (χ4n) is 2.16. The van der Waals surface area contributed by atoms with Crippen molar-refractivity contribution < 1.29 is 22.6 Å². The van der Waals surface area contributed by atoms with Crippen LogP contribution in [-0.4, -0.2) is 6.79 Å². The lowest BCUT2D eigenvalue weighted by Gasteiger charge is -2.17. The van der Waals surface area contributed by atoms with Crippen molar-refractivity contribution in [3.05, 3.63) is 53.3 Å². The number of fused-ring (bicyclic) bond motifs is 1. The number of anilines is 1. The predicted octanol–water partition coefficient (Wildman–Crippen LogP) is 4.01. The minimum Gasteiger partial charge on any atom is -0.454 e. The van der Waals surface area contributed by atoms with Gasteiger partial charge in [0.15, 0.2) is 23.1 Å². The quantitative estimate of drug-likeness (QED) is 0.928. The summed E-state index contributed by atoms with van der Waals surface area (Å²) in [5.41, 5.74) is 0.406. The van der Waals surface area contributed by atoms with E-state index in [4.69, 9.17) is 9.47 Å². The molecule has 0 radical (unpaired) electrons. The molecule has 1 atom stereocenters. The number of benzene rings is 2. The first-order chi connectivity index (χ1) is 10.0. The smallest absolute Gasteiger partial charge is 0.231 e. The van der Waals surface area contributed by atoms with Gasteiger partial charge in [0.05, 0.1) is 0 Å². The molecule has 1 aliphatic heterocycles. The maximum atomic E-state index is 13.6. The SMILES string of the molecule is CC(Nc1c(F)cc(F)cc1F)c1ccc2c(c1)OCO2. The van der Waals surface area contributed by atoms with E-state index in [0.29, 0.717) is 23.6 Å². The van der Waals surface area contributed by atoms with Crippen LogP contribution >= 0.6 is 0 Å². The molecule has 110 valence electrons. The number of ether oxygens (including phenoxy) is 2. The Morgan fingerprint density at radius 1 is 1.00 bits per heavy atom. The van der Waals surface area contributed by atoms with Gasteiger partial charge in [0.25, 0.3) is 0 Å². The normalized spacial score (nSPS) is 14.1. The molecule has 3 nitrogen and oxygen atoms in total. The Labute approximate surface area is 119 Å². The van der Waals surface area contributed by atoms with Gasteiger partial charge in [-0.25, -0.2) is 13.2 Å².